The van der Waals surface area contributed by atoms with Crippen molar-refractivity contribution in [2.45, 2.75) is 9.92 Å². The average molecular weight is 308 g/mol. The number of aromatic nitrogens is 2. The molecule has 0 unspecified atom stereocenters. The number of amides is 1. The lowest BCUT2D eigenvalue weighted by Gasteiger charge is -2.07. The number of carbonyl (C=O) groups is 1. The standard InChI is InChI=1S/C16H12N4OS/c17-14-13-15(21)18-11-8-4-5-9-12(11)22-16(13)19-20(14)10-6-2-1-3-7-10/h1-9H,17H2,(H,18,21). The third kappa shape index (κ3) is 1.96. The number of carbonyl (C=O) groups excluding carboxylic acids is 1. The summed E-state index contributed by atoms with van der Waals surface area (Å²) in [6, 6.07) is 17.2. The monoisotopic (exact) mass is 308 g/mol. The fraction of sp³-hybridized carbons (Fsp3) is 0. The number of nitrogens with two attached hydrogens (primary N) is 1. The Hall–Kier alpha value is -2.73. The van der Waals surface area contributed by atoms with E-state index in [1.807, 2.05) is 54.6 Å². The number of hydrogen-bond donors (Lipinski definition) is 2. The fourth-order valence-corrected chi connectivity index (χ4v) is 3.41. The van der Waals surface area contributed by atoms with Crippen LogP contribution in [0.3, 0.4) is 0 Å². The maximum atomic E-state index is 12.5. The number of nitrogens with one attached hydrogen (secondary N) is 1. The molecule has 4 rings (SSSR count). The highest BCUT2D eigenvalue weighted by molar-refractivity contribution is 7.99. The normalized spacial score (nSPS) is 13.0. The first-order chi connectivity index (χ1) is 10.7. The molecule has 0 saturated heterocycles. The molecule has 1 aliphatic heterocycles. The summed E-state index contributed by atoms with van der Waals surface area (Å²) in [4.78, 5) is 13.4. The Morgan fingerprint density at radius 1 is 1.05 bits per heavy atom. The maximum absolute atomic E-state index is 12.5. The van der Waals surface area contributed by atoms with Crippen molar-refractivity contribution in [2.75, 3.05) is 11.1 Å². The molecule has 1 amide bonds. The Labute approximate surface area is 131 Å². The molecule has 2 aromatic carbocycles. The van der Waals surface area contributed by atoms with E-state index in [2.05, 4.69) is 10.4 Å². The summed E-state index contributed by atoms with van der Waals surface area (Å²) >= 11 is 1.44. The van der Waals surface area contributed by atoms with Crippen molar-refractivity contribution in [1.82, 2.24) is 9.78 Å². The van der Waals surface area contributed by atoms with Crippen molar-refractivity contribution in [2.24, 2.45) is 0 Å². The summed E-state index contributed by atoms with van der Waals surface area (Å²) in [5, 5.41) is 8.03. The number of para-hydroxylation sites is 2. The summed E-state index contributed by atoms with van der Waals surface area (Å²) in [5.74, 6) is 0.117. The lowest BCUT2D eigenvalue weighted by Crippen LogP contribution is -2.13. The average Bonchev–Trinajstić information content (AvgIpc) is 2.78. The van der Waals surface area contributed by atoms with Gasteiger partial charge in [0.1, 0.15) is 16.4 Å². The largest absolute Gasteiger partial charge is 0.383 e. The Bertz CT molecular complexity index is 873. The van der Waals surface area contributed by atoms with Crippen molar-refractivity contribution in [3.63, 3.8) is 0 Å². The highest BCUT2D eigenvalue weighted by Gasteiger charge is 2.27. The number of anilines is 2. The number of benzene rings is 2. The third-order valence-electron chi connectivity index (χ3n) is 3.46. The van der Waals surface area contributed by atoms with Gasteiger partial charge in [0.25, 0.3) is 5.91 Å². The quantitative estimate of drug-likeness (QED) is 0.724. The van der Waals surface area contributed by atoms with Gasteiger partial charge in [-0.15, -0.1) is 0 Å². The molecule has 6 heteroatoms. The highest BCUT2D eigenvalue weighted by Crippen LogP contribution is 2.40. The van der Waals surface area contributed by atoms with Crippen LogP contribution in [-0.4, -0.2) is 15.7 Å². The van der Waals surface area contributed by atoms with Gasteiger partial charge in [-0.3, -0.25) is 4.79 Å². The molecule has 0 saturated carbocycles. The first-order valence-electron chi connectivity index (χ1n) is 6.76. The minimum atomic E-state index is -0.230. The van der Waals surface area contributed by atoms with Gasteiger partial charge in [0.15, 0.2) is 0 Å². The van der Waals surface area contributed by atoms with E-state index >= 15 is 0 Å². The molecule has 5 nitrogen and oxygen atoms in total. The first-order valence-corrected chi connectivity index (χ1v) is 7.58. The molecule has 0 fully saturated rings. The van der Waals surface area contributed by atoms with Gasteiger partial charge in [0, 0.05) is 4.90 Å². The first kappa shape index (κ1) is 13.0. The summed E-state index contributed by atoms with van der Waals surface area (Å²) in [5.41, 5.74) is 8.21. The Morgan fingerprint density at radius 2 is 1.77 bits per heavy atom. The molecule has 0 bridgehead atoms. The van der Waals surface area contributed by atoms with E-state index in [9.17, 15) is 4.79 Å². The van der Waals surface area contributed by atoms with E-state index in [0.717, 1.165) is 16.3 Å². The van der Waals surface area contributed by atoms with Crippen LogP contribution in [-0.2, 0) is 0 Å². The van der Waals surface area contributed by atoms with E-state index in [-0.39, 0.29) is 5.91 Å². The minimum absolute atomic E-state index is 0.230. The van der Waals surface area contributed by atoms with Crippen molar-refractivity contribution < 1.29 is 4.79 Å². The molecule has 3 aromatic rings. The van der Waals surface area contributed by atoms with Gasteiger partial charge in [-0.1, -0.05) is 42.1 Å². The molecule has 3 N–H and O–H groups in total. The number of hydrogen-bond acceptors (Lipinski definition) is 4. The van der Waals surface area contributed by atoms with Crippen LogP contribution in [0, 0.1) is 0 Å². The van der Waals surface area contributed by atoms with Crippen LogP contribution in [0.4, 0.5) is 11.5 Å². The predicted octanol–water partition coefficient (Wildman–Crippen LogP) is 3.17. The highest BCUT2D eigenvalue weighted by atomic mass is 32.2. The molecule has 22 heavy (non-hydrogen) atoms. The molecule has 1 aromatic heterocycles. The van der Waals surface area contributed by atoms with E-state index < -0.39 is 0 Å². The third-order valence-corrected chi connectivity index (χ3v) is 4.51. The van der Waals surface area contributed by atoms with Gasteiger partial charge in [-0.2, -0.15) is 5.10 Å². The van der Waals surface area contributed by atoms with Gasteiger partial charge < -0.3 is 11.1 Å². The summed E-state index contributed by atoms with van der Waals surface area (Å²) in [6.07, 6.45) is 0. The van der Waals surface area contributed by atoms with Crippen LogP contribution in [0.1, 0.15) is 10.4 Å². The predicted molar refractivity (Wildman–Crippen MR) is 86.5 cm³/mol. The second-order valence-corrected chi connectivity index (χ2v) is 5.90. The summed E-state index contributed by atoms with van der Waals surface area (Å²) < 4.78 is 1.60. The van der Waals surface area contributed by atoms with Crippen LogP contribution < -0.4 is 11.1 Å². The zero-order valence-corrected chi connectivity index (χ0v) is 12.3. The molecule has 1 aliphatic rings. The topological polar surface area (TPSA) is 72.9 Å². The second kappa shape index (κ2) is 4.92. The molecular weight excluding hydrogens is 296 g/mol. The second-order valence-electron chi connectivity index (χ2n) is 4.87. The van der Waals surface area contributed by atoms with Gasteiger partial charge in [0.2, 0.25) is 0 Å². The Balaban J connectivity index is 1.88. The van der Waals surface area contributed by atoms with E-state index in [1.54, 1.807) is 4.68 Å². The van der Waals surface area contributed by atoms with Crippen molar-refractivity contribution in [3.8, 4) is 5.69 Å². The van der Waals surface area contributed by atoms with Crippen LogP contribution in [0.25, 0.3) is 5.69 Å². The minimum Gasteiger partial charge on any atom is -0.383 e. The molecule has 108 valence electrons. The lowest BCUT2D eigenvalue weighted by molar-refractivity contribution is 0.102. The van der Waals surface area contributed by atoms with Crippen LogP contribution in [0.2, 0.25) is 0 Å². The Kier molecular flexibility index (Phi) is 2.90. The van der Waals surface area contributed by atoms with Gasteiger partial charge in [-0.25, -0.2) is 4.68 Å². The van der Waals surface area contributed by atoms with Gasteiger partial charge >= 0.3 is 0 Å². The molecular formula is C16H12N4OS. The smallest absolute Gasteiger partial charge is 0.262 e. The summed E-state index contributed by atoms with van der Waals surface area (Å²) in [7, 11) is 0. The Morgan fingerprint density at radius 3 is 2.59 bits per heavy atom. The number of fused-ring (bicyclic) bond motifs is 2. The van der Waals surface area contributed by atoms with Crippen LogP contribution in [0.15, 0.2) is 64.5 Å². The van der Waals surface area contributed by atoms with Gasteiger partial charge in [-0.05, 0) is 24.3 Å². The maximum Gasteiger partial charge on any atom is 0.262 e. The zero-order chi connectivity index (χ0) is 15.1. The van der Waals surface area contributed by atoms with E-state index in [4.69, 9.17) is 5.73 Å². The molecule has 0 spiro atoms. The van der Waals surface area contributed by atoms with Crippen molar-refractivity contribution in [1.29, 1.82) is 0 Å². The van der Waals surface area contributed by atoms with E-state index in [1.165, 1.54) is 11.8 Å². The molecule has 0 atom stereocenters. The van der Waals surface area contributed by atoms with Crippen molar-refractivity contribution >= 4 is 29.2 Å². The van der Waals surface area contributed by atoms with Gasteiger partial charge in [0.05, 0.1) is 11.4 Å². The summed E-state index contributed by atoms with van der Waals surface area (Å²) in [6.45, 7) is 0. The van der Waals surface area contributed by atoms with Crippen molar-refractivity contribution in [3.05, 3.63) is 60.2 Å². The number of nitrogens with zero attached hydrogens (tertiary/aromatic N) is 2. The van der Waals surface area contributed by atoms with Crippen LogP contribution in [0.5, 0.6) is 0 Å². The van der Waals surface area contributed by atoms with Crippen LogP contribution >= 0.6 is 11.8 Å². The fourth-order valence-electron chi connectivity index (χ4n) is 2.41. The zero-order valence-electron chi connectivity index (χ0n) is 11.5. The number of nitrogen functional groups attached to an aromatic ring is 1. The molecule has 0 radical (unpaired) electrons. The number of rotatable bonds is 1. The SMILES string of the molecule is Nc1c2c(nn1-c1ccccc1)Sc1ccccc1NC2=O. The molecule has 2 heterocycles. The lowest BCUT2D eigenvalue weighted by atomic mass is 10.2. The van der Waals surface area contributed by atoms with E-state index in [0.29, 0.717) is 16.4 Å². The molecule has 0 aliphatic carbocycles.